The molecule has 0 saturated heterocycles. The van der Waals surface area contributed by atoms with E-state index in [-0.39, 0.29) is 12.5 Å². The van der Waals surface area contributed by atoms with Crippen LogP contribution >= 0.6 is 7.82 Å². The lowest BCUT2D eigenvalue weighted by atomic mass is 10.0. The first-order valence-corrected chi connectivity index (χ1v) is 34.3. The van der Waals surface area contributed by atoms with Crippen molar-refractivity contribution in [1.82, 2.24) is 5.32 Å². The molecule has 0 aliphatic heterocycles. The molecule has 0 bridgehead atoms. The lowest BCUT2D eigenvalue weighted by molar-refractivity contribution is -0.870. The van der Waals surface area contributed by atoms with Gasteiger partial charge in [0, 0.05) is 6.42 Å². The number of hydrogen-bond acceptors (Lipinski definition) is 6. The number of phosphoric acid groups is 1. The number of rotatable bonds is 60. The maximum atomic E-state index is 13.0. The van der Waals surface area contributed by atoms with Crippen LogP contribution in [-0.4, -0.2) is 68.5 Å². The van der Waals surface area contributed by atoms with Gasteiger partial charge in [0.2, 0.25) is 5.91 Å². The van der Waals surface area contributed by atoms with Crippen molar-refractivity contribution in [2.45, 2.75) is 315 Å². The number of aliphatic hydroxyl groups excluding tert-OH is 1. The Balaban J connectivity index is 4.09. The summed E-state index contributed by atoms with van der Waals surface area (Å²) >= 11 is 0. The second kappa shape index (κ2) is 58.6. The van der Waals surface area contributed by atoms with E-state index in [0.717, 1.165) is 64.2 Å². The predicted molar refractivity (Wildman–Crippen MR) is 334 cm³/mol. The van der Waals surface area contributed by atoms with Gasteiger partial charge >= 0.3 is 0 Å². The lowest BCUT2D eigenvalue weighted by Gasteiger charge is -2.29. The molecular weight excluding hydrogens is 972 g/mol. The Kier molecular flexibility index (Phi) is 57.0. The minimum Gasteiger partial charge on any atom is -0.756 e. The number of quaternary nitrogens is 1. The van der Waals surface area contributed by atoms with Crippen LogP contribution in [0.2, 0.25) is 0 Å². The van der Waals surface area contributed by atoms with Crippen LogP contribution in [0, 0.1) is 0 Å². The standard InChI is InChI=1S/C68H127N2O6P/c1-6-8-10-12-14-16-18-20-22-24-26-28-30-31-32-33-34-35-36-37-38-39-40-42-44-46-48-50-52-54-56-58-60-62-68(72)69-66(65-76-77(73,74)75-64-63-70(3,4)5)67(71)61-59-57-55-53-51-49-47-45-43-41-29-27-25-23-21-19-17-15-13-11-9-7-2/h8,10,14,16,20,22,26,28,51,53,59,61,66-67,71H,6-7,9,11-13,15,17-19,21,23-25,27,29-50,52,54-58,60,62-65H2,1-5H3,(H-,69,72,73,74)/b10-8-,16-14-,22-20-,28-26-,53-51+,61-59+. The molecule has 77 heavy (non-hydrogen) atoms. The van der Waals surface area contributed by atoms with Crippen molar-refractivity contribution in [3.8, 4) is 0 Å². The molecule has 0 rings (SSSR count). The fourth-order valence-electron chi connectivity index (χ4n) is 9.58. The summed E-state index contributed by atoms with van der Waals surface area (Å²) in [5, 5.41) is 13.9. The van der Waals surface area contributed by atoms with Crippen molar-refractivity contribution < 1.29 is 32.9 Å². The second-order valence-electron chi connectivity index (χ2n) is 23.4. The molecule has 0 spiro atoms. The fourth-order valence-corrected chi connectivity index (χ4v) is 10.3. The van der Waals surface area contributed by atoms with Crippen LogP contribution < -0.4 is 10.2 Å². The number of aliphatic hydroxyl groups is 1. The molecule has 0 aromatic carbocycles. The van der Waals surface area contributed by atoms with Gasteiger partial charge in [-0.25, -0.2) is 0 Å². The number of unbranched alkanes of at least 4 members (excludes halogenated alkanes) is 37. The summed E-state index contributed by atoms with van der Waals surface area (Å²) in [7, 11) is 1.25. The topological polar surface area (TPSA) is 108 Å². The van der Waals surface area contributed by atoms with Crippen molar-refractivity contribution in [3.63, 3.8) is 0 Å². The van der Waals surface area contributed by atoms with Gasteiger partial charge in [0.05, 0.1) is 39.9 Å². The average molecular weight is 1100 g/mol. The van der Waals surface area contributed by atoms with Gasteiger partial charge in [0.1, 0.15) is 13.2 Å². The fraction of sp³-hybridized carbons (Fsp3) is 0.809. The van der Waals surface area contributed by atoms with Crippen LogP contribution in [0.3, 0.4) is 0 Å². The van der Waals surface area contributed by atoms with E-state index in [9.17, 15) is 19.4 Å². The van der Waals surface area contributed by atoms with Crippen LogP contribution in [0.1, 0.15) is 303 Å². The molecule has 3 unspecified atom stereocenters. The van der Waals surface area contributed by atoms with E-state index < -0.39 is 26.6 Å². The number of nitrogens with zero attached hydrogens (tertiary/aromatic N) is 1. The Hall–Kier alpha value is -2.06. The number of nitrogens with one attached hydrogen (secondary N) is 1. The molecule has 0 saturated carbocycles. The molecule has 0 aromatic rings. The number of amides is 1. The van der Waals surface area contributed by atoms with Crippen molar-refractivity contribution in [2.24, 2.45) is 0 Å². The predicted octanol–water partition coefficient (Wildman–Crippen LogP) is 20.0. The van der Waals surface area contributed by atoms with Crippen molar-refractivity contribution in [1.29, 1.82) is 0 Å². The molecule has 0 heterocycles. The molecule has 0 aliphatic rings. The van der Waals surface area contributed by atoms with Crippen LogP contribution in [0.25, 0.3) is 0 Å². The number of hydrogen-bond donors (Lipinski definition) is 2. The third kappa shape index (κ3) is 61.4. The van der Waals surface area contributed by atoms with Gasteiger partial charge < -0.3 is 28.8 Å². The molecule has 8 nitrogen and oxygen atoms in total. The van der Waals surface area contributed by atoms with Gasteiger partial charge in [-0.15, -0.1) is 0 Å². The number of carbonyl (C=O) groups excluding carboxylic acids is 1. The molecule has 0 aliphatic carbocycles. The molecule has 2 N–H and O–H groups in total. The maximum Gasteiger partial charge on any atom is 0.268 e. The Labute approximate surface area is 478 Å². The first-order chi connectivity index (χ1) is 37.5. The Morgan fingerprint density at radius 1 is 0.468 bits per heavy atom. The van der Waals surface area contributed by atoms with Crippen LogP contribution in [0.5, 0.6) is 0 Å². The smallest absolute Gasteiger partial charge is 0.268 e. The highest BCUT2D eigenvalue weighted by molar-refractivity contribution is 7.45. The minimum atomic E-state index is -4.61. The highest BCUT2D eigenvalue weighted by Gasteiger charge is 2.23. The van der Waals surface area contributed by atoms with Crippen molar-refractivity contribution >= 4 is 13.7 Å². The van der Waals surface area contributed by atoms with Crippen molar-refractivity contribution in [3.05, 3.63) is 72.9 Å². The van der Waals surface area contributed by atoms with Crippen molar-refractivity contribution in [2.75, 3.05) is 40.9 Å². The summed E-state index contributed by atoms with van der Waals surface area (Å²) in [6.07, 6.45) is 81.6. The van der Waals surface area contributed by atoms with Gasteiger partial charge in [-0.2, -0.15) is 0 Å². The van der Waals surface area contributed by atoms with Gasteiger partial charge in [-0.05, 0) is 70.6 Å². The monoisotopic (exact) mass is 1100 g/mol. The largest absolute Gasteiger partial charge is 0.756 e. The quantitative estimate of drug-likeness (QED) is 0.0272. The molecule has 0 aromatic heterocycles. The Morgan fingerprint density at radius 3 is 1.21 bits per heavy atom. The molecule has 0 radical (unpaired) electrons. The number of allylic oxidation sites excluding steroid dienone is 11. The first kappa shape index (κ1) is 74.9. The van der Waals surface area contributed by atoms with Gasteiger partial charge in [-0.3, -0.25) is 9.36 Å². The van der Waals surface area contributed by atoms with E-state index in [2.05, 4.69) is 79.9 Å². The summed E-state index contributed by atoms with van der Waals surface area (Å²) in [5.41, 5.74) is 0. The van der Waals surface area contributed by atoms with E-state index >= 15 is 0 Å². The summed E-state index contributed by atoms with van der Waals surface area (Å²) in [6.45, 7) is 4.55. The number of phosphoric ester groups is 1. The van der Waals surface area contributed by atoms with E-state index in [1.54, 1.807) is 6.08 Å². The molecule has 1 amide bonds. The molecular formula is C68H127N2O6P. The third-order valence-corrected chi connectivity index (χ3v) is 15.6. The highest BCUT2D eigenvalue weighted by atomic mass is 31.2. The molecule has 3 atom stereocenters. The van der Waals surface area contributed by atoms with E-state index in [1.807, 2.05) is 27.2 Å². The molecule has 0 fully saturated rings. The summed E-state index contributed by atoms with van der Waals surface area (Å²) < 4.78 is 23.4. The SMILES string of the molecule is CC/C=C\C/C=C\C/C=C\C/C=C\CCCCCCCCCCCCCCCCCCCCCCC(=O)NC(COP(=O)([O-])OCC[N+](C)(C)C)C(O)/C=C/CC/C=C/CCCCCCCCCCCCCCCCCC. The Bertz CT molecular complexity index is 1480. The van der Waals surface area contributed by atoms with E-state index in [0.29, 0.717) is 17.4 Å². The summed E-state index contributed by atoms with van der Waals surface area (Å²) in [5.74, 6) is -0.204. The van der Waals surface area contributed by atoms with E-state index in [4.69, 9.17) is 9.05 Å². The zero-order chi connectivity index (χ0) is 56.3. The zero-order valence-corrected chi connectivity index (χ0v) is 52.3. The normalized spacial score (nSPS) is 14.2. The maximum absolute atomic E-state index is 13.0. The Morgan fingerprint density at radius 2 is 0.805 bits per heavy atom. The molecule has 450 valence electrons. The lowest BCUT2D eigenvalue weighted by Crippen LogP contribution is -2.45. The third-order valence-electron chi connectivity index (χ3n) is 14.7. The molecule has 9 heteroatoms. The summed E-state index contributed by atoms with van der Waals surface area (Å²) in [6, 6.07) is -0.906. The number of carbonyl (C=O) groups is 1. The minimum absolute atomic E-state index is 0.00666. The van der Waals surface area contributed by atoms with E-state index in [1.165, 1.54) is 218 Å². The highest BCUT2D eigenvalue weighted by Crippen LogP contribution is 2.38. The van der Waals surface area contributed by atoms with Gasteiger partial charge in [-0.1, -0.05) is 299 Å². The van der Waals surface area contributed by atoms with Crippen LogP contribution in [0.4, 0.5) is 0 Å². The summed E-state index contributed by atoms with van der Waals surface area (Å²) in [4.78, 5) is 25.6. The number of likely N-dealkylation sites (N-methyl/N-ethyl adjacent to an activating group) is 1. The zero-order valence-electron chi connectivity index (χ0n) is 51.4. The van der Waals surface area contributed by atoms with Gasteiger partial charge in [0.25, 0.3) is 7.82 Å². The first-order valence-electron chi connectivity index (χ1n) is 32.8. The van der Waals surface area contributed by atoms with Gasteiger partial charge in [0.15, 0.2) is 0 Å². The average Bonchev–Trinajstić information content (AvgIpc) is 3.39. The second-order valence-corrected chi connectivity index (χ2v) is 24.8. The van der Waals surface area contributed by atoms with Crippen LogP contribution in [0.15, 0.2) is 72.9 Å². The van der Waals surface area contributed by atoms with Crippen LogP contribution in [-0.2, 0) is 18.4 Å².